The summed E-state index contributed by atoms with van der Waals surface area (Å²) in [5, 5.41) is 13.1. The maximum Gasteiger partial charge on any atom is 0.338 e. The number of carboxylic acid groups (broad SMARTS) is 1. The molecule has 0 saturated heterocycles. The number of carbonyl (C=O) groups is 2. The summed E-state index contributed by atoms with van der Waals surface area (Å²) in [4.78, 5) is 49.2. The van der Waals surface area contributed by atoms with Gasteiger partial charge in [0.2, 0.25) is 5.95 Å². The number of rotatable bonds is 6. The molecule has 5 aromatic rings. The van der Waals surface area contributed by atoms with Crippen molar-refractivity contribution in [2.24, 2.45) is 0 Å². The average molecular weight is 469 g/mol. The first-order valence-electron chi connectivity index (χ1n) is 10.6. The van der Waals surface area contributed by atoms with E-state index in [2.05, 4.69) is 20.1 Å². The number of fused-ring (bicyclic) bond motifs is 1. The van der Waals surface area contributed by atoms with Gasteiger partial charge in [0.25, 0.3) is 11.5 Å². The molecular weight excluding hydrogens is 450 g/mol. The number of aromatic nitrogens is 6. The molecule has 0 radical (unpaired) electrons. The van der Waals surface area contributed by atoms with Crippen LogP contribution in [0.4, 0.5) is 5.69 Å². The first-order valence-corrected chi connectivity index (χ1v) is 10.6. The molecule has 0 unspecified atom stereocenters. The number of para-hydroxylation sites is 1. The third kappa shape index (κ3) is 4.17. The Labute approximate surface area is 197 Å². The Morgan fingerprint density at radius 3 is 2.49 bits per heavy atom. The average Bonchev–Trinajstić information content (AvgIpc) is 3.53. The van der Waals surface area contributed by atoms with Crippen molar-refractivity contribution in [3.05, 3.63) is 100 Å². The number of benzene rings is 2. The van der Waals surface area contributed by atoms with Crippen molar-refractivity contribution in [2.75, 3.05) is 11.9 Å². The third-order valence-corrected chi connectivity index (χ3v) is 5.51. The van der Waals surface area contributed by atoms with Gasteiger partial charge in [-0.25, -0.2) is 14.5 Å². The van der Waals surface area contributed by atoms with E-state index in [0.29, 0.717) is 17.8 Å². The molecule has 0 spiro atoms. The van der Waals surface area contributed by atoms with Gasteiger partial charge >= 0.3 is 5.97 Å². The van der Waals surface area contributed by atoms with Gasteiger partial charge in [-0.3, -0.25) is 14.6 Å². The molecule has 0 aliphatic carbocycles. The maximum atomic E-state index is 12.8. The molecule has 35 heavy (non-hydrogen) atoms. The van der Waals surface area contributed by atoms with Crippen molar-refractivity contribution >= 4 is 28.7 Å². The SMILES string of the molecule is CN(C(=O)c1ccc(Cn2cnc3c(=O)[nH]c(-n4cc(C(=O)O)cn4)nc32)cc1)c1ccccc1. The van der Waals surface area contributed by atoms with Crippen LogP contribution in [-0.4, -0.2) is 53.3 Å². The highest BCUT2D eigenvalue weighted by Crippen LogP contribution is 2.17. The molecule has 2 aromatic carbocycles. The van der Waals surface area contributed by atoms with Crippen LogP contribution < -0.4 is 10.5 Å². The number of anilines is 1. The molecular formula is C24H19N7O4. The van der Waals surface area contributed by atoms with E-state index in [1.54, 1.807) is 28.6 Å². The van der Waals surface area contributed by atoms with Crippen LogP contribution in [0.5, 0.6) is 0 Å². The van der Waals surface area contributed by atoms with E-state index in [1.165, 1.54) is 23.4 Å². The fraction of sp³-hybridized carbons (Fsp3) is 0.0833. The number of hydrogen-bond donors (Lipinski definition) is 2. The normalized spacial score (nSPS) is 11.0. The highest BCUT2D eigenvalue weighted by atomic mass is 16.4. The first kappa shape index (κ1) is 21.8. The summed E-state index contributed by atoms with van der Waals surface area (Å²) in [5.74, 6) is -1.20. The van der Waals surface area contributed by atoms with Gasteiger partial charge in [0.05, 0.1) is 24.6 Å². The first-order chi connectivity index (χ1) is 16.9. The highest BCUT2D eigenvalue weighted by molar-refractivity contribution is 6.05. The topological polar surface area (TPSA) is 139 Å². The summed E-state index contributed by atoms with van der Waals surface area (Å²) in [7, 11) is 1.73. The quantitative estimate of drug-likeness (QED) is 0.389. The van der Waals surface area contributed by atoms with Crippen LogP contribution in [0.2, 0.25) is 0 Å². The van der Waals surface area contributed by atoms with Gasteiger partial charge in [-0.05, 0) is 29.8 Å². The fourth-order valence-corrected chi connectivity index (χ4v) is 3.63. The van der Waals surface area contributed by atoms with Crippen LogP contribution in [0.25, 0.3) is 17.1 Å². The standard InChI is InChI=1S/C24H19N7O4/c1-29(18-5-3-2-4-6-18)22(33)16-9-7-15(8-10-16)12-30-14-25-19-20(30)27-24(28-21(19)32)31-13-17(11-26-31)23(34)35/h2-11,13-14H,12H2,1H3,(H,34,35)(H,27,28,32). The van der Waals surface area contributed by atoms with Crippen molar-refractivity contribution in [2.45, 2.75) is 6.54 Å². The zero-order chi connectivity index (χ0) is 24.5. The molecule has 11 heteroatoms. The predicted octanol–water partition coefficient (Wildman–Crippen LogP) is 2.33. The smallest absolute Gasteiger partial charge is 0.338 e. The van der Waals surface area contributed by atoms with Gasteiger partial charge in [0, 0.05) is 24.5 Å². The minimum atomic E-state index is -1.14. The number of nitrogens with zero attached hydrogens (tertiary/aromatic N) is 6. The lowest BCUT2D eigenvalue weighted by Crippen LogP contribution is -2.26. The zero-order valence-electron chi connectivity index (χ0n) is 18.5. The van der Waals surface area contributed by atoms with E-state index in [9.17, 15) is 14.4 Å². The van der Waals surface area contributed by atoms with Crippen LogP contribution in [0.1, 0.15) is 26.3 Å². The Balaban J connectivity index is 1.40. The predicted molar refractivity (Wildman–Crippen MR) is 127 cm³/mol. The Morgan fingerprint density at radius 2 is 1.80 bits per heavy atom. The fourth-order valence-electron chi connectivity index (χ4n) is 3.63. The summed E-state index contributed by atoms with van der Waals surface area (Å²) in [6, 6.07) is 16.5. The molecule has 1 amide bonds. The molecule has 0 aliphatic heterocycles. The summed E-state index contributed by atoms with van der Waals surface area (Å²) < 4.78 is 2.88. The summed E-state index contributed by atoms with van der Waals surface area (Å²) in [6.07, 6.45) is 3.93. The van der Waals surface area contributed by atoms with E-state index in [1.807, 2.05) is 42.5 Å². The Hall–Kier alpha value is -5.06. The van der Waals surface area contributed by atoms with E-state index < -0.39 is 11.5 Å². The molecule has 0 saturated carbocycles. The van der Waals surface area contributed by atoms with Crippen molar-refractivity contribution in [1.29, 1.82) is 0 Å². The lowest BCUT2D eigenvalue weighted by atomic mass is 10.1. The third-order valence-electron chi connectivity index (χ3n) is 5.51. The number of carboxylic acids is 1. The number of H-pyrrole nitrogens is 1. The van der Waals surface area contributed by atoms with Crippen LogP contribution in [0, 0.1) is 0 Å². The van der Waals surface area contributed by atoms with Crippen molar-refractivity contribution in [3.8, 4) is 5.95 Å². The largest absolute Gasteiger partial charge is 0.478 e. The molecule has 174 valence electrons. The van der Waals surface area contributed by atoms with Crippen molar-refractivity contribution < 1.29 is 14.7 Å². The van der Waals surface area contributed by atoms with Crippen LogP contribution >= 0.6 is 0 Å². The molecule has 0 bridgehead atoms. The molecule has 11 nitrogen and oxygen atoms in total. The van der Waals surface area contributed by atoms with Gasteiger partial charge in [-0.15, -0.1) is 0 Å². The van der Waals surface area contributed by atoms with Crippen LogP contribution in [0.3, 0.4) is 0 Å². The number of nitrogens with one attached hydrogen (secondary N) is 1. The second kappa shape index (κ2) is 8.71. The Kier molecular flexibility index (Phi) is 5.41. The minimum Gasteiger partial charge on any atom is -0.478 e. The molecule has 3 aromatic heterocycles. The summed E-state index contributed by atoms with van der Waals surface area (Å²) in [5.41, 5.74) is 2.18. The second-order valence-electron chi connectivity index (χ2n) is 7.81. The second-order valence-corrected chi connectivity index (χ2v) is 7.81. The monoisotopic (exact) mass is 469 g/mol. The lowest BCUT2D eigenvalue weighted by Gasteiger charge is -2.17. The van der Waals surface area contributed by atoms with Crippen LogP contribution in [-0.2, 0) is 6.54 Å². The van der Waals surface area contributed by atoms with Crippen molar-refractivity contribution in [1.82, 2.24) is 29.3 Å². The number of hydrogen-bond acceptors (Lipinski definition) is 6. The molecule has 2 N–H and O–H groups in total. The maximum absolute atomic E-state index is 12.8. The van der Waals surface area contributed by atoms with E-state index in [-0.39, 0.29) is 22.9 Å². The number of imidazole rings is 1. The van der Waals surface area contributed by atoms with E-state index in [4.69, 9.17) is 5.11 Å². The molecule has 0 aliphatic rings. The molecule has 5 rings (SSSR count). The van der Waals surface area contributed by atoms with Gasteiger partial charge in [-0.1, -0.05) is 30.3 Å². The molecule has 0 atom stereocenters. The lowest BCUT2D eigenvalue weighted by molar-refractivity contribution is 0.0696. The summed E-state index contributed by atoms with van der Waals surface area (Å²) in [6.45, 7) is 0.356. The molecule has 3 heterocycles. The minimum absolute atomic E-state index is 0.0335. The van der Waals surface area contributed by atoms with Gasteiger partial charge in [-0.2, -0.15) is 10.1 Å². The summed E-state index contributed by atoms with van der Waals surface area (Å²) >= 11 is 0. The molecule has 0 fully saturated rings. The number of aromatic amines is 1. The van der Waals surface area contributed by atoms with Gasteiger partial charge < -0.3 is 14.6 Å². The highest BCUT2D eigenvalue weighted by Gasteiger charge is 2.16. The zero-order valence-corrected chi connectivity index (χ0v) is 18.5. The van der Waals surface area contributed by atoms with E-state index >= 15 is 0 Å². The van der Waals surface area contributed by atoms with Gasteiger partial charge in [0.15, 0.2) is 11.2 Å². The Bertz CT molecular complexity index is 1600. The van der Waals surface area contributed by atoms with Crippen LogP contribution in [0.15, 0.2) is 78.1 Å². The number of aromatic carboxylic acids is 1. The number of amides is 1. The van der Waals surface area contributed by atoms with Gasteiger partial charge in [0.1, 0.15) is 0 Å². The van der Waals surface area contributed by atoms with E-state index in [0.717, 1.165) is 11.3 Å². The van der Waals surface area contributed by atoms with Crippen molar-refractivity contribution in [3.63, 3.8) is 0 Å². The Morgan fingerprint density at radius 1 is 1.06 bits per heavy atom. The number of carbonyl (C=O) groups excluding carboxylic acids is 1.